The second-order valence-electron chi connectivity index (χ2n) is 15.2. The quantitative estimate of drug-likeness (QED) is 0.0666. The molecule has 0 aliphatic carbocycles. The molecule has 0 aliphatic rings. The average Bonchev–Trinajstić information content (AvgIpc) is 3.89. The number of nitrogens with two attached hydrogens (primary N) is 7. The lowest BCUT2D eigenvalue weighted by Gasteiger charge is -2.22. The number of hydrogen-bond donors (Lipinski definition) is 9. The van der Waals surface area contributed by atoms with Crippen LogP contribution in [0.1, 0.15) is 89.0 Å². The summed E-state index contributed by atoms with van der Waals surface area (Å²) < 4.78 is 5.03. The van der Waals surface area contributed by atoms with Crippen LogP contribution in [0.4, 0.5) is 0 Å². The van der Waals surface area contributed by atoms with Crippen molar-refractivity contribution in [2.75, 3.05) is 45.8 Å². The van der Waals surface area contributed by atoms with Crippen molar-refractivity contribution in [1.29, 1.82) is 0 Å². The van der Waals surface area contributed by atoms with Crippen molar-refractivity contribution < 1.29 is 15.0 Å². The largest absolute Gasteiger partial charge is 0.392 e. The Labute approximate surface area is 387 Å². The number of hydrogen-bond acceptors (Lipinski definition) is 12. The first kappa shape index (κ1) is 61.6. The van der Waals surface area contributed by atoms with Crippen LogP contribution in [0.3, 0.4) is 0 Å². The summed E-state index contributed by atoms with van der Waals surface area (Å²) in [6.07, 6.45) is 7.66. The number of rotatable bonds is 16. The SMILES string of the molecule is CC(C)(CN)c1ccccc1.CC(CN)c1ccccc1.CCCC(=O)CN.CCCC(O)CN.Cn1ccc(=O)n1CCN.NCC(O)c1ccccc1.NCCn1cc(Cl)cn1. The fourth-order valence-electron chi connectivity index (χ4n) is 5.04. The molecular weight excluding hydrogens is 830 g/mol. The predicted octanol–water partition coefficient (Wildman–Crippen LogP) is 4.41. The molecule has 0 fully saturated rings. The molecule has 3 aromatic carbocycles. The third kappa shape index (κ3) is 29.8. The molecular formula is C48H82ClN11O4. The van der Waals surface area contributed by atoms with E-state index in [-0.39, 0.29) is 36.0 Å². The van der Waals surface area contributed by atoms with E-state index in [1.54, 1.807) is 32.6 Å². The number of ketones is 1. The first-order valence-corrected chi connectivity index (χ1v) is 22.3. The van der Waals surface area contributed by atoms with Gasteiger partial charge in [0.2, 0.25) is 0 Å². The summed E-state index contributed by atoms with van der Waals surface area (Å²) in [5, 5.41) is 22.5. The molecule has 2 heterocycles. The number of nitrogens with zero attached hydrogens (tertiary/aromatic N) is 4. The lowest BCUT2D eigenvalue weighted by atomic mass is 9.85. The maximum absolute atomic E-state index is 10.9. The van der Waals surface area contributed by atoms with Gasteiger partial charge in [-0.2, -0.15) is 5.10 Å². The van der Waals surface area contributed by atoms with Gasteiger partial charge in [-0.3, -0.25) is 19.0 Å². The van der Waals surface area contributed by atoms with Crippen LogP contribution < -0.4 is 45.7 Å². The van der Waals surface area contributed by atoms with Gasteiger partial charge in [0.1, 0.15) is 5.78 Å². The molecule has 360 valence electrons. The Kier molecular flexibility index (Phi) is 37.4. The predicted molar refractivity (Wildman–Crippen MR) is 267 cm³/mol. The highest BCUT2D eigenvalue weighted by molar-refractivity contribution is 6.30. The molecule has 0 aliphatic heterocycles. The van der Waals surface area contributed by atoms with Crippen molar-refractivity contribution in [3.05, 3.63) is 148 Å². The molecule has 0 spiro atoms. The average molecular weight is 913 g/mol. The normalized spacial score (nSPS) is 11.6. The zero-order chi connectivity index (χ0) is 48.8. The van der Waals surface area contributed by atoms with Crippen LogP contribution >= 0.6 is 11.6 Å². The van der Waals surface area contributed by atoms with Gasteiger partial charge in [0.15, 0.2) is 0 Å². The van der Waals surface area contributed by atoms with Crippen LogP contribution in [0.15, 0.2) is 120 Å². The summed E-state index contributed by atoms with van der Waals surface area (Å²) in [4.78, 5) is 21.2. The lowest BCUT2D eigenvalue weighted by Crippen LogP contribution is -2.27. The molecule has 0 bridgehead atoms. The molecule has 0 saturated heterocycles. The number of carbonyl (C=O) groups is 1. The highest BCUT2D eigenvalue weighted by Crippen LogP contribution is 2.20. The van der Waals surface area contributed by atoms with E-state index in [0.717, 1.165) is 37.9 Å². The summed E-state index contributed by atoms with van der Waals surface area (Å²) in [6, 6.07) is 31.6. The summed E-state index contributed by atoms with van der Waals surface area (Å²) in [5.41, 5.74) is 40.7. The molecule has 5 aromatic rings. The molecule has 64 heavy (non-hydrogen) atoms. The number of benzene rings is 3. The van der Waals surface area contributed by atoms with Crippen molar-refractivity contribution in [3.8, 4) is 0 Å². The Morgan fingerprint density at radius 1 is 0.750 bits per heavy atom. The third-order valence-corrected chi connectivity index (χ3v) is 9.41. The van der Waals surface area contributed by atoms with Crippen molar-refractivity contribution >= 4 is 17.4 Å². The summed E-state index contributed by atoms with van der Waals surface area (Å²) >= 11 is 5.57. The fraction of sp³-hybridized carbons (Fsp3) is 0.479. The second-order valence-corrected chi connectivity index (χ2v) is 15.6. The van der Waals surface area contributed by atoms with E-state index >= 15 is 0 Å². The number of aromatic nitrogens is 4. The van der Waals surface area contributed by atoms with Gasteiger partial charge in [-0.25, -0.2) is 4.68 Å². The number of carbonyl (C=O) groups excluding carboxylic acids is 1. The number of aryl methyl sites for hydroxylation is 1. The van der Waals surface area contributed by atoms with E-state index in [1.165, 1.54) is 17.2 Å². The molecule has 3 atom stereocenters. The zero-order valence-corrected chi connectivity index (χ0v) is 40.1. The minimum absolute atomic E-state index is 0.00736. The minimum Gasteiger partial charge on any atom is -0.392 e. The van der Waals surface area contributed by atoms with Gasteiger partial charge in [-0.15, -0.1) is 0 Å². The van der Waals surface area contributed by atoms with Gasteiger partial charge in [0, 0.05) is 70.1 Å². The minimum atomic E-state index is -0.513. The van der Waals surface area contributed by atoms with Crippen LogP contribution in [0.25, 0.3) is 0 Å². The smallest absolute Gasteiger partial charge is 0.266 e. The van der Waals surface area contributed by atoms with Crippen LogP contribution in [-0.2, 0) is 30.3 Å². The van der Waals surface area contributed by atoms with E-state index in [4.69, 9.17) is 56.8 Å². The topological polar surface area (TPSA) is 284 Å². The zero-order valence-electron chi connectivity index (χ0n) is 39.3. The number of halogens is 1. The van der Waals surface area contributed by atoms with Crippen molar-refractivity contribution in [3.63, 3.8) is 0 Å². The molecule has 16 heteroatoms. The molecule has 3 unspecified atom stereocenters. The first-order valence-electron chi connectivity index (χ1n) is 21.9. The van der Waals surface area contributed by atoms with E-state index in [1.807, 2.05) is 87.6 Å². The van der Waals surface area contributed by atoms with Crippen LogP contribution in [0.2, 0.25) is 5.02 Å². The molecule has 0 radical (unpaired) electrons. The maximum Gasteiger partial charge on any atom is 0.266 e. The monoisotopic (exact) mass is 912 g/mol. The second kappa shape index (κ2) is 38.9. The fourth-order valence-corrected chi connectivity index (χ4v) is 5.20. The van der Waals surface area contributed by atoms with Gasteiger partial charge in [-0.05, 0) is 42.0 Å². The summed E-state index contributed by atoms with van der Waals surface area (Å²) in [5.74, 6) is 0.642. The Balaban J connectivity index is 0. The molecule has 0 saturated carbocycles. The van der Waals surface area contributed by atoms with Gasteiger partial charge in [0.25, 0.3) is 5.56 Å². The van der Waals surface area contributed by atoms with E-state index < -0.39 is 6.10 Å². The number of aliphatic hydroxyl groups excluding tert-OH is 2. The molecule has 0 amide bonds. The number of aliphatic hydroxyl groups is 2. The van der Waals surface area contributed by atoms with Gasteiger partial charge >= 0.3 is 0 Å². The van der Waals surface area contributed by atoms with E-state index in [0.29, 0.717) is 50.1 Å². The van der Waals surface area contributed by atoms with E-state index in [9.17, 15) is 14.7 Å². The van der Waals surface area contributed by atoms with Crippen LogP contribution in [0.5, 0.6) is 0 Å². The molecule has 16 N–H and O–H groups in total. The highest BCUT2D eigenvalue weighted by Gasteiger charge is 2.17. The van der Waals surface area contributed by atoms with Crippen molar-refractivity contribution in [2.24, 2.45) is 47.2 Å². The third-order valence-electron chi connectivity index (χ3n) is 9.21. The van der Waals surface area contributed by atoms with Crippen molar-refractivity contribution in [2.45, 2.75) is 96.9 Å². The lowest BCUT2D eigenvalue weighted by molar-refractivity contribution is -0.117. The maximum atomic E-state index is 10.9. The molecule has 5 rings (SSSR count). The van der Waals surface area contributed by atoms with Gasteiger partial charge < -0.3 is 50.3 Å². The Morgan fingerprint density at radius 3 is 1.62 bits per heavy atom. The van der Waals surface area contributed by atoms with Gasteiger partial charge in [-0.1, -0.05) is 144 Å². The number of Topliss-reactive ketones (excluding diaryl/α,β-unsaturated/α-hetero) is 1. The molecule has 15 nitrogen and oxygen atoms in total. The Hall–Kier alpha value is -4.52. The first-order chi connectivity index (χ1) is 30.5. The molecule has 2 aromatic heterocycles. The summed E-state index contributed by atoms with van der Waals surface area (Å²) in [6.45, 7) is 15.1. The summed E-state index contributed by atoms with van der Waals surface area (Å²) in [7, 11) is 1.82. The Morgan fingerprint density at radius 2 is 1.28 bits per heavy atom. The van der Waals surface area contributed by atoms with Gasteiger partial charge in [0.05, 0.1) is 43.1 Å². The van der Waals surface area contributed by atoms with E-state index in [2.05, 4.69) is 50.1 Å². The highest BCUT2D eigenvalue weighted by atomic mass is 35.5. The Bertz CT molecular complexity index is 1810. The standard InChI is InChI=1S/C10H15N.C9H13N.C8H11NO.C6H11N3O.C5H8ClN3.C5H13NO.C5H11NO/c1-10(2,8-11)9-6-4-3-5-7-9;1-8(7-10)9-5-3-2-4-6-9;9-6-8(10)7-4-2-1-3-5-7;1-8-4-2-6(10)9(8)5-3-7;6-5-3-8-9(4-5)2-1-7;2*1-2-3-5(7)4-6/h3-7H,8,11H2,1-2H3;2-6,8H,7,10H2,1H3;1-5,8,10H,6,9H2;2,4H,3,5,7H2,1H3;3-4H,1-2,7H2;5,7H,2-4,6H2,1H3;2-4,6H2,1H3. The van der Waals surface area contributed by atoms with Crippen LogP contribution in [0, 0.1) is 0 Å². The van der Waals surface area contributed by atoms with Crippen molar-refractivity contribution in [1.82, 2.24) is 19.1 Å². The van der Waals surface area contributed by atoms with Crippen LogP contribution in [-0.4, -0.2) is 87.1 Å².